The number of rotatable bonds is 15. The van der Waals surface area contributed by atoms with Gasteiger partial charge in [-0.1, -0.05) is 18.2 Å². The molecule has 0 aliphatic carbocycles. The van der Waals surface area contributed by atoms with Gasteiger partial charge in [-0.15, -0.1) is 0 Å². The molecular formula is C45H40O12. The van der Waals surface area contributed by atoms with E-state index in [1.165, 1.54) is 48.7 Å². The highest BCUT2D eigenvalue weighted by Crippen LogP contribution is 2.41. The van der Waals surface area contributed by atoms with Crippen LogP contribution in [0.5, 0.6) is 69.0 Å². The predicted octanol–water partition coefficient (Wildman–Crippen LogP) is 9.74. The molecule has 0 aromatic heterocycles. The normalized spacial score (nSPS) is 10.5. The van der Waals surface area contributed by atoms with Crippen molar-refractivity contribution >= 4 is 11.9 Å². The first-order chi connectivity index (χ1) is 27.7. The van der Waals surface area contributed by atoms with Crippen LogP contribution in [0, 0.1) is 6.92 Å². The Morgan fingerprint density at radius 2 is 0.772 bits per heavy atom. The first-order valence-corrected chi connectivity index (χ1v) is 17.5. The van der Waals surface area contributed by atoms with Gasteiger partial charge in [0.15, 0.2) is 34.5 Å². The van der Waals surface area contributed by atoms with Gasteiger partial charge < -0.3 is 47.4 Å². The number of hydrogen-bond donors (Lipinski definition) is 0. The van der Waals surface area contributed by atoms with Crippen LogP contribution in [0.2, 0.25) is 0 Å². The molecule has 12 nitrogen and oxygen atoms in total. The van der Waals surface area contributed by atoms with E-state index in [-0.39, 0.29) is 11.3 Å². The van der Waals surface area contributed by atoms with Crippen molar-refractivity contribution < 1.29 is 57.0 Å². The SMILES string of the molecule is COc1cc(OC)c(Oc2ccc(C(=O)Oc3ccc(-c4ccc(Oc5ccc(OC(=O)c6cc(OC)c(OC)cc6OC)cc5)c(C)c4)cc3)cc2)cc1OC. The third-order valence-corrected chi connectivity index (χ3v) is 8.75. The smallest absolute Gasteiger partial charge is 0.347 e. The molecule has 6 aromatic rings. The van der Waals surface area contributed by atoms with Crippen LogP contribution in [0.15, 0.2) is 115 Å². The van der Waals surface area contributed by atoms with Crippen LogP contribution in [0.4, 0.5) is 0 Å². The largest absolute Gasteiger partial charge is 0.496 e. The number of carbonyl (C=O) groups is 2. The zero-order valence-corrected chi connectivity index (χ0v) is 32.4. The second-order valence-corrected chi connectivity index (χ2v) is 12.2. The summed E-state index contributed by atoms with van der Waals surface area (Å²) in [6.07, 6.45) is 0. The number of carbonyl (C=O) groups excluding carboxylic acids is 2. The molecule has 0 radical (unpaired) electrons. The second-order valence-electron chi connectivity index (χ2n) is 12.2. The molecule has 57 heavy (non-hydrogen) atoms. The van der Waals surface area contributed by atoms with Crippen molar-refractivity contribution in [1.82, 2.24) is 0 Å². The highest BCUT2D eigenvalue weighted by atomic mass is 16.5. The molecule has 0 saturated carbocycles. The highest BCUT2D eigenvalue weighted by molar-refractivity contribution is 5.95. The van der Waals surface area contributed by atoms with E-state index in [0.717, 1.165) is 16.7 Å². The molecule has 0 spiro atoms. The fourth-order valence-corrected chi connectivity index (χ4v) is 5.75. The quantitative estimate of drug-likeness (QED) is 0.0729. The van der Waals surface area contributed by atoms with E-state index in [1.807, 2.05) is 37.3 Å². The van der Waals surface area contributed by atoms with Crippen LogP contribution in [0.25, 0.3) is 11.1 Å². The average molecular weight is 773 g/mol. The zero-order valence-electron chi connectivity index (χ0n) is 32.4. The van der Waals surface area contributed by atoms with Gasteiger partial charge in [-0.2, -0.15) is 0 Å². The summed E-state index contributed by atoms with van der Waals surface area (Å²) >= 11 is 0. The molecule has 292 valence electrons. The lowest BCUT2D eigenvalue weighted by molar-refractivity contribution is 0.0722. The highest BCUT2D eigenvalue weighted by Gasteiger charge is 2.20. The van der Waals surface area contributed by atoms with Gasteiger partial charge in [0.25, 0.3) is 0 Å². The Balaban J connectivity index is 1.04. The minimum absolute atomic E-state index is 0.186. The van der Waals surface area contributed by atoms with Crippen molar-refractivity contribution in [1.29, 1.82) is 0 Å². The summed E-state index contributed by atoms with van der Waals surface area (Å²) in [5.74, 6) is 4.23. The van der Waals surface area contributed by atoms with E-state index in [2.05, 4.69) is 0 Å². The lowest BCUT2D eigenvalue weighted by Gasteiger charge is -2.14. The molecule has 0 heterocycles. The molecular weight excluding hydrogens is 732 g/mol. The fourth-order valence-electron chi connectivity index (χ4n) is 5.75. The zero-order chi connectivity index (χ0) is 40.5. The van der Waals surface area contributed by atoms with Crippen molar-refractivity contribution in [2.75, 3.05) is 42.7 Å². The summed E-state index contributed by atoms with van der Waals surface area (Å²) in [4.78, 5) is 25.9. The van der Waals surface area contributed by atoms with E-state index in [4.69, 9.17) is 47.4 Å². The van der Waals surface area contributed by atoms with Crippen LogP contribution < -0.4 is 47.4 Å². The Bertz CT molecular complexity index is 2350. The molecule has 0 fully saturated rings. The predicted molar refractivity (Wildman–Crippen MR) is 212 cm³/mol. The molecule has 0 unspecified atom stereocenters. The summed E-state index contributed by atoms with van der Waals surface area (Å²) < 4.78 is 55.5. The summed E-state index contributed by atoms with van der Waals surface area (Å²) in [6, 6.07) is 32.7. The molecule has 12 heteroatoms. The fraction of sp³-hybridized carbons (Fsp3) is 0.156. The van der Waals surface area contributed by atoms with Crippen molar-refractivity contribution in [3.63, 3.8) is 0 Å². The van der Waals surface area contributed by atoms with Gasteiger partial charge in [0.1, 0.15) is 40.1 Å². The number of methoxy groups -OCH3 is 6. The van der Waals surface area contributed by atoms with Gasteiger partial charge in [0, 0.05) is 24.3 Å². The summed E-state index contributed by atoms with van der Waals surface area (Å²) in [5, 5.41) is 0. The van der Waals surface area contributed by atoms with Gasteiger partial charge in [0.05, 0.1) is 48.2 Å². The lowest BCUT2D eigenvalue weighted by Crippen LogP contribution is -2.11. The van der Waals surface area contributed by atoms with Crippen LogP contribution in [-0.4, -0.2) is 54.6 Å². The van der Waals surface area contributed by atoms with Gasteiger partial charge in [-0.25, -0.2) is 9.59 Å². The molecule has 0 saturated heterocycles. The van der Waals surface area contributed by atoms with Gasteiger partial charge in [0.2, 0.25) is 0 Å². The minimum atomic E-state index is -0.620. The number of esters is 2. The van der Waals surface area contributed by atoms with Gasteiger partial charge in [-0.05, 0) is 96.4 Å². The molecule has 0 atom stereocenters. The molecule has 0 bridgehead atoms. The van der Waals surface area contributed by atoms with E-state index < -0.39 is 11.9 Å². The minimum Gasteiger partial charge on any atom is -0.496 e. The summed E-state index contributed by atoms with van der Waals surface area (Å²) in [5.41, 5.74) is 3.31. The van der Waals surface area contributed by atoms with Crippen LogP contribution >= 0.6 is 0 Å². The maximum atomic E-state index is 13.0. The molecule has 0 aliphatic heterocycles. The Labute approximate surface area is 329 Å². The van der Waals surface area contributed by atoms with Crippen molar-refractivity contribution in [2.45, 2.75) is 6.92 Å². The van der Waals surface area contributed by atoms with Gasteiger partial charge >= 0.3 is 11.9 Å². The Kier molecular flexibility index (Phi) is 12.3. The number of ether oxygens (including phenoxy) is 10. The Hall–Kier alpha value is -7.34. The lowest BCUT2D eigenvalue weighted by atomic mass is 10.0. The van der Waals surface area contributed by atoms with Crippen LogP contribution in [0.1, 0.15) is 26.3 Å². The monoisotopic (exact) mass is 772 g/mol. The van der Waals surface area contributed by atoms with Crippen molar-refractivity contribution in [3.8, 4) is 80.1 Å². The third kappa shape index (κ3) is 9.14. The summed E-state index contributed by atoms with van der Waals surface area (Å²) in [7, 11) is 9.03. The third-order valence-electron chi connectivity index (χ3n) is 8.75. The van der Waals surface area contributed by atoms with Crippen LogP contribution in [0.3, 0.4) is 0 Å². The van der Waals surface area contributed by atoms with Crippen molar-refractivity contribution in [3.05, 3.63) is 132 Å². The second kappa shape index (κ2) is 17.9. The number of benzene rings is 6. The number of aryl methyl sites for hydroxylation is 1. The maximum absolute atomic E-state index is 13.0. The topological polar surface area (TPSA) is 126 Å². The van der Waals surface area contributed by atoms with E-state index >= 15 is 0 Å². The average Bonchev–Trinajstić information content (AvgIpc) is 3.24. The first kappa shape index (κ1) is 39.4. The van der Waals surface area contributed by atoms with Crippen LogP contribution in [-0.2, 0) is 0 Å². The molecule has 0 N–H and O–H groups in total. The van der Waals surface area contributed by atoms with Crippen molar-refractivity contribution in [2.24, 2.45) is 0 Å². The molecule has 6 aromatic carbocycles. The Morgan fingerprint density at radius 3 is 1.32 bits per heavy atom. The summed E-state index contributed by atoms with van der Waals surface area (Å²) in [6.45, 7) is 1.95. The molecule has 6 rings (SSSR count). The molecule has 0 amide bonds. The van der Waals surface area contributed by atoms with E-state index in [0.29, 0.717) is 68.8 Å². The number of hydrogen-bond acceptors (Lipinski definition) is 12. The maximum Gasteiger partial charge on any atom is 0.347 e. The Morgan fingerprint density at radius 1 is 0.368 bits per heavy atom. The molecule has 0 aliphatic rings. The van der Waals surface area contributed by atoms with E-state index in [9.17, 15) is 9.59 Å². The standard InChI is InChI=1S/C45H40O12/c1-27-22-30(12-21-36(27)54-32-17-19-34(20-18-32)57-45(47)35-23-38(49-3)39(50-4)24-37(35)48-2)28-8-13-33(14-9-28)56-44(46)29-10-15-31(16-11-29)55-43-26-41(52-6)40(51-5)25-42(43)53-7/h8-26H,1-7H3. The van der Waals surface area contributed by atoms with E-state index in [1.54, 1.807) is 78.9 Å². The van der Waals surface area contributed by atoms with Gasteiger partial charge in [-0.3, -0.25) is 0 Å². The first-order valence-electron chi connectivity index (χ1n) is 17.5.